The molecule has 0 spiro atoms. The van der Waals surface area contributed by atoms with Crippen LogP contribution in [0.1, 0.15) is 12.5 Å². The van der Waals surface area contributed by atoms with Gasteiger partial charge in [-0.25, -0.2) is 4.79 Å². The van der Waals surface area contributed by atoms with E-state index in [9.17, 15) is 9.59 Å². The first-order valence-electron chi connectivity index (χ1n) is 8.16. The third kappa shape index (κ3) is 4.22. The van der Waals surface area contributed by atoms with Gasteiger partial charge in [-0.3, -0.25) is 4.79 Å². The Morgan fingerprint density at radius 1 is 1.08 bits per heavy atom. The second-order valence-corrected chi connectivity index (χ2v) is 5.78. The Labute approximate surface area is 150 Å². The molecule has 1 heterocycles. The molecule has 0 aliphatic carbocycles. The summed E-state index contributed by atoms with van der Waals surface area (Å²) in [4.78, 5) is 23.5. The van der Waals surface area contributed by atoms with Crippen LogP contribution in [0.4, 0.5) is 0 Å². The quantitative estimate of drug-likeness (QED) is 0.690. The summed E-state index contributed by atoms with van der Waals surface area (Å²) < 4.78 is 15.9. The molecular formula is C20H19NO5. The van der Waals surface area contributed by atoms with Gasteiger partial charge < -0.3 is 19.2 Å². The lowest BCUT2D eigenvalue weighted by Crippen LogP contribution is -2.35. The Hall–Kier alpha value is -3.28. The Kier molecular flexibility index (Phi) is 5.22. The normalized spacial score (nSPS) is 11.8. The van der Waals surface area contributed by atoms with Gasteiger partial charge >= 0.3 is 5.63 Å². The Bertz CT molecular complexity index is 962. The molecule has 0 radical (unpaired) electrons. The molecule has 1 N–H and O–H groups in total. The van der Waals surface area contributed by atoms with E-state index in [-0.39, 0.29) is 5.91 Å². The first kappa shape index (κ1) is 17.5. The number of benzene rings is 2. The molecule has 0 bridgehead atoms. The van der Waals surface area contributed by atoms with Crippen LogP contribution in [0.3, 0.4) is 0 Å². The summed E-state index contributed by atoms with van der Waals surface area (Å²) in [6.45, 7) is 2.05. The van der Waals surface area contributed by atoms with Crippen molar-refractivity contribution in [2.45, 2.75) is 19.6 Å². The van der Waals surface area contributed by atoms with Gasteiger partial charge in [0.2, 0.25) is 0 Å². The number of methoxy groups -OCH3 is 1. The van der Waals surface area contributed by atoms with Gasteiger partial charge in [-0.05, 0) is 42.8 Å². The second kappa shape index (κ2) is 7.74. The fourth-order valence-corrected chi connectivity index (χ4v) is 2.45. The van der Waals surface area contributed by atoms with Crippen LogP contribution in [0.5, 0.6) is 11.5 Å². The second-order valence-electron chi connectivity index (χ2n) is 5.78. The van der Waals surface area contributed by atoms with E-state index in [2.05, 4.69) is 5.32 Å². The van der Waals surface area contributed by atoms with Crippen molar-refractivity contribution in [3.05, 3.63) is 70.6 Å². The van der Waals surface area contributed by atoms with Crippen LogP contribution in [-0.4, -0.2) is 19.1 Å². The van der Waals surface area contributed by atoms with Crippen molar-refractivity contribution in [3.8, 4) is 11.5 Å². The van der Waals surface area contributed by atoms with Crippen molar-refractivity contribution in [1.29, 1.82) is 0 Å². The number of carbonyl (C=O) groups is 1. The van der Waals surface area contributed by atoms with Gasteiger partial charge in [0.25, 0.3) is 5.91 Å². The topological polar surface area (TPSA) is 77.8 Å². The van der Waals surface area contributed by atoms with E-state index in [4.69, 9.17) is 13.9 Å². The zero-order valence-electron chi connectivity index (χ0n) is 14.5. The first-order chi connectivity index (χ1) is 12.5. The van der Waals surface area contributed by atoms with E-state index in [0.29, 0.717) is 17.9 Å². The minimum absolute atomic E-state index is 0.240. The number of nitrogens with one attached hydrogen (secondary N) is 1. The molecule has 6 nitrogen and oxygen atoms in total. The first-order valence-corrected chi connectivity index (χ1v) is 8.16. The highest BCUT2D eigenvalue weighted by molar-refractivity contribution is 5.81. The van der Waals surface area contributed by atoms with Crippen molar-refractivity contribution in [2.24, 2.45) is 0 Å². The average molecular weight is 353 g/mol. The molecule has 1 atom stereocenters. The summed E-state index contributed by atoms with van der Waals surface area (Å²) >= 11 is 0. The minimum Gasteiger partial charge on any atom is -0.497 e. The Morgan fingerprint density at radius 2 is 1.77 bits per heavy atom. The molecule has 0 fully saturated rings. The van der Waals surface area contributed by atoms with Crippen molar-refractivity contribution >= 4 is 16.9 Å². The minimum atomic E-state index is -0.693. The lowest BCUT2D eigenvalue weighted by molar-refractivity contribution is -0.127. The maximum atomic E-state index is 12.2. The molecule has 1 amide bonds. The highest BCUT2D eigenvalue weighted by atomic mass is 16.5. The number of fused-ring (bicyclic) bond motifs is 1. The van der Waals surface area contributed by atoms with E-state index in [1.165, 1.54) is 6.07 Å². The largest absolute Gasteiger partial charge is 0.497 e. The zero-order chi connectivity index (χ0) is 18.5. The van der Waals surface area contributed by atoms with Gasteiger partial charge in [0.15, 0.2) is 6.10 Å². The molecule has 6 heteroatoms. The predicted octanol–water partition coefficient (Wildman–Crippen LogP) is 2.89. The van der Waals surface area contributed by atoms with Gasteiger partial charge in [0, 0.05) is 24.1 Å². The van der Waals surface area contributed by atoms with Crippen molar-refractivity contribution < 1.29 is 18.7 Å². The van der Waals surface area contributed by atoms with Crippen LogP contribution in [0.25, 0.3) is 11.0 Å². The number of ether oxygens (including phenoxy) is 2. The Morgan fingerprint density at radius 3 is 2.50 bits per heavy atom. The van der Waals surface area contributed by atoms with Crippen LogP contribution in [0.2, 0.25) is 0 Å². The lowest BCUT2D eigenvalue weighted by Gasteiger charge is -2.15. The summed E-state index contributed by atoms with van der Waals surface area (Å²) in [6, 6.07) is 15.6. The van der Waals surface area contributed by atoms with E-state index in [0.717, 1.165) is 16.7 Å². The maximum Gasteiger partial charge on any atom is 0.336 e. The summed E-state index contributed by atoms with van der Waals surface area (Å²) in [5, 5.41) is 3.61. The van der Waals surface area contributed by atoms with Crippen LogP contribution in [-0.2, 0) is 11.3 Å². The molecule has 0 aliphatic rings. The molecule has 26 heavy (non-hydrogen) atoms. The van der Waals surface area contributed by atoms with Crippen molar-refractivity contribution in [3.63, 3.8) is 0 Å². The SMILES string of the molecule is COc1ccc(CNC(=O)[C@H](C)Oc2ccc3ccc(=O)oc3c2)cc1. The lowest BCUT2D eigenvalue weighted by atomic mass is 10.2. The zero-order valence-corrected chi connectivity index (χ0v) is 14.5. The van der Waals surface area contributed by atoms with Gasteiger partial charge in [0.1, 0.15) is 17.1 Å². The van der Waals surface area contributed by atoms with E-state index >= 15 is 0 Å². The van der Waals surface area contributed by atoms with Crippen LogP contribution in [0, 0.1) is 0 Å². The smallest absolute Gasteiger partial charge is 0.336 e. The number of rotatable bonds is 6. The molecule has 0 unspecified atom stereocenters. The van der Waals surface area contributed by atoms with Crippen LogP contribution in [0.15, 0.2) is 63.8 Å². The Balaban J connectivity index is 1.60. The third-order valence-electron chi connectivity index (χ3n) is 3.90. The highest BCUT2D eigenvalue weighted by Crippen LogP contribution is 2.20. The number of carbonyl (C=O) groups excluding carboxylic acids is 1. The fourth-order valence-electron chi connectivity index (χ4n) is 2.45. The van der Waals surface area contributed by atoms with E-state index in [1.807, 2.05) is 24.3 Å². The van der Waals surface area contributed by atoms with Crippen molar-refractivity contribution in [2.75, 3.05) is 7.11 Å². The van der Waals surface area contributed by atoms with Crippen molar-refractivity contribution in [1.82, 2.24) is 5.32 Å². The van der Waals surface area contributed by atoms with Gasteiger partial charge in [-0.1, -0.05) is 12.1 Å². The standard InChI is InChI=1S/C20H19NO5/c1-13(20(23)21-12-14-3-7-16(24-2)8-4-14)25-17-9-5-15-6-10-19(22)26-18(15)11-17/h3-11,13H,12H2,1-2H3,(H,21,23)/t13-/m0/s1. The van der Waals surface area contributed by atoms with E-state index < -0.39 is 11.7 Å². The molecule has 3 rings (SSSR count). The summed E-state index contributed by atoms with van der Waals surface area (Å²) in [6.07, 6.45) is -0.693. The highest BCUT2D eigenvalue weighted by Gasteiger charge is 2.15. The average Bonchev–Trinajstić information content (AvgIpc) is 2.66. The van der Waals surface area contributed by atoms with Gasteiger partial charge in [-0.2, -0.15) is 0 Å². The molecule has 2 aromatic carbocycles. The molecule has 134 valence electrons. The summed E-state index contributed by atoms with van der Waals surface area (Å²) in [5.74, 6) is 0.981. The predicted molar refractivity (Wildman–Crippen MR) is 97.4 cm³/mol. The van der Waals surface area contributed by atoms with Gasteiger partial charge in [0.05, 0.1) is 7.11 Å². The van der Waals surface area contributed by atoms with E-state index in [1.54, 1.807) is 38.3 Å². The van der Waals surface area contributed by atoms with Crippen LogP contribution < -0.4 is 20.4 Å². The summed E-state index contributed by atoms with van der Waals surface area (Å²) in [7, 11) is 1.60. The number of hydrogen-bond donors (Lipinski definition) is 1. The number of hydrogen-bond acceptors (Lipinski definition) is 5. The van der Waals surface area contributed by atoms with Gasteiger partial charge in [-0.15, -0.1) is 0 Å². The number of amides is 1. The summed E-state index contributed by atoms with van der Waals surface area (Å²) in [5.41, 5.74) is 0.944. The van der Waals surface area contributed by atoms with Crippen LogP contribution >= 0.6 is 0 Å². The molecule has 3 aromatic rings. The monoisotopic (exact) mass is 353 g/mol. The fraction of sp³-hybridized carbons (Fsp3) is 0.200. The molecular weight excluding hydrogens is 334 g/mol. The molecule has 1 aromatic heterocycles. The maximum absolute atomic E-state index is 12.2. The molecule has 0 saturated carbocycles. The molecule has 0 saturated heterocycles. The third-order valence-corrected chi connectivity index (χ3v) is 3.90. The molecule has 0 aliphatic heterocycles.